The van der Waals surface area contributed by atoms with Gasteiger partial charge < -0.3 is 0 Å². The zero-order chi connectivity index (χ0) is 27.2. The van der Waals surface area contributed by atoms with Crippen LogP contribution in [0.25, 0.3) is 76.4 Å². The number of hydrogen-bond donors (Lipinski definition) is 0. The quantitative estimate of drug-likeness (QED) is 0.222. The summed E-state index contributed by atoms with van der Waals surface area (Å²) in [4.78, 5) is 19.5. The van der Waals surface area contributed by atoms with Gasteiger partial charge in [-0.25, -0.2) is 15.0 Å². The minimum absolute atomic E-state index is 0.662. The van der Waals surface area contributed by atoms with E-state index in [0.29, 0.717) is 17.5 Å². The summed E-state index contributed by atoms with van der Waals surface area (Å²) in [5.74, 6) is 1.99. The van der Waals surface area contributed by atoms with Gasteiger partial charge in [-0.3, -0.25) is 4.98 Å². The van der Waals surface area contributed by atoms with Crippen molar-refractivity contribution < 1.29 is 0 Å². The van der Waals surface area contributed by atoms with Crippen LogP contribution < -0.4 is 0 Å². The molecular formula is C36H22N4S. The largest absolute Gasteiger partial charge is 0.256 e. The molecule has 0 spiro atoms. The predicted molar refractivity (Wildman–Crippen MR) is 170 cm³/mol. The number of thiophene rings is 1. The van der Waals surface area contributed by atoms with Crippen molar-refractivity contribution in [3.63, 3.8) is 0 Å². The van der Waals surface area contributed by atoms with Crippen LogP contribution in [-0.2, 0) is 0 Å². The summed E-state index contributed by atoms with van der Waals surface area (Å²) in [7, 11) is 0. The third kappa shape index (κ3) is 4.06. The average Bonchev–Trinajstić information content (AvgIpc) is 3.44. The third-order valence-electron chi connectivity index (χ3n) is 7.40. The lowest BCUT2D eigenvalue weighted by molar-refractivity contribution is 1.08. The lowest BCUT2D eigenvalue weighted by Crippen LogP contribution is -2.00. The van der Waals surface area contributed by atoms with E-state index in [1.54, 1.807) is 0 Å². The molecule has 0 aliphatic heterocycles. The van der Waals surface area contributed by atoms with Crippen molar-refractivity contribution in [1.82, 2.24) is 19.9 Å². The van der Waals surface area contributed by atoms with E-state index in [2.05, 4.69) is 65.6 Å². The lowest BCUT2D eigenvalue weighted by Gasteiger charge is -2.10. The van der Waals surface area contributed by atoms with Gasteiger partial charge in [0.2, 0.25) is 0 Å². The third-order valence-corrected chi connectivity index (χ3v) is 8.61. The minimum Gasteiger partial charge on any atom is -0.256 e. The molecular weight excluding hydrogens is 520 g/mol. The van der Waals surface area contributed by atoms with E-state index in [-0.39, 0.29) is 0 Å². The molecule has 41 heavy (non-hydrogen) atoms. The van der Waals surface area contributed by atoms with Gasteiger partial charge >= 0.3 is 0 Å². The number of benzene rings is 5. The Bertz CT molecular complexity index is 2140. The van der Waals surface area contributed by atoms with Gasteiger partial charge in [0.15, 0.2) is 17.5 Å². The first-order chi connectivity index (χ1) is 20.3. The molecule has 192 valence electrons. The summed E-state index contributed by atoms with van der Waals surface area (Å²) >= 11 is 1.81. The maximum absolute atomic E-state index is 5.03. The highest BCUT2D eigenvalue weighted by atomic mass is 32.1. The molecule has 3 aromatic heterocycles. The fraction of sp³-hybridized carbons (Fsp3) is 0. The second kappa shape index (κ2) is 9.73. The molecule has 0 saturated carbocycles. The number of rotatable bonds is 4. The van der Waals surface area contributed by atoms with Crippen molar-refractivity contribution >= 4 is 42.4 Å². The highest BCUT2D eigenvalue weighted by Crippen LogP contribution is 2.44. The fourth-order valence-corrected chi connectivity index (χ4v) is 6.76. The first-order valence-electron chi connectivity index (χ1n) is 13.5. The fourth-order valence-electron chi connectivity index (χ4n) is 5.51. The van der Waals surface area contributed by atoms with Crippen LogP contribution in [0.2, 0.25) is 0 Å². The van der Waals surface area contributed by atoms with E-state index in [1.807, 2.05) is 84.3 Å². The minimum atomic E-state index is 0.662. The monoisotopic (exact) mass is 542 g/mol. The van der Waals surface area contributed by atoms with Crippen molar-refractivity contribution in [2.45, 2.75) is 0 Å². The Balaban J connectivity index is 1.39. The Morgan fingerprint density at radius 2 is 1.05 bits per heavy atom. The molecule has 3 heterocycles. The molecule has 8 rings (SSSR count). The Labute approximate surface area is 240 Å². The van der Waals surface area contributed by atoms with Crippen molar-refractivity contribution in [3.05, 3.63) is 134 Å². The molecule has 5 heteroatoms. The molecule has 0 fully saturated rings. The summed E-state index contributed by atoms with van der Waals surface area (Å²) in [5.41, 5.74) is 6.31. The number of aromatic nitrogens is 4. The molecule has 0 amide bonds. The zero-order valence-electron chi connectivity index (χ0n) is 21.9. The summed E-state index contributed by atoms with van der Waals surface area (Å²) in [5, 5.41) is 3.51. The van der Waals surface area contributed by atoms with Crippen LogP contribution in [-0.4, -0.2) is 19.9 Å². The van der Waals surface area contributed by atoms with Crippen molar-refractivity contribution in [2.75, 3.05) is 0 Å². The van der Waals surface area contributed by atoms with Crippen LogP contribution in [0.5, 0.6) is 0 Å². The maximum atomic E-state index is 5.03. The van der Waals surface area contributed by atoms with E-state index in [9.17, 15) is 0 Å². The summed E-state index contributed by atoms with van der Waals surface area (Å²) in [6.07, 6.45) is 1.90. The van der Waals surface area contributed by atoms with E-state index < -0.39 is 0 Å². The topological polar surface area (TPSA) is 51.6 Å². The van der Waals surface area contributed by atoms with Gasteiger partial charge in [-0.2, -0.15) is 0 Å². The Morgan fingerprint density at radius 3 is 1.80 bits per heavy atom. The number of hydrogen-bond acceptors (Lipinski definition) is 5. The molecule has 0 bridgehead atoms. The van der Waals surface area contributed by atoms with E-state index in [0.717, 1.165) is 33.0 Å². The first-order valence-corrected chi connectivity index (χ1v) is 14.3. The van der Waals surface area contributed by atoms with E-state index in [1.165, 1.54) is 25.9 Å². The summed E-state index contributed by atoms with van der Waals surface area (Å²) in [6, 6.07) is 43.7. The normalized spacial score (nSPS) is 11.4. The van der Waals surface area contributed by atoms with Gasteiger partial charge in [-0.1, -0.05) is 109 Å². The van der Waals surface area contributed by atoms with Crippen LogP contribution in [0.1, 0.15) is 0 Å². The smallest absolute Gasteiger partial charge is 0.164 e. The van der Waals surface area contributed by atoms with E-state index >= 15 is 0 Å². The van der Waals surface area contributed by atoms with Crippen LogP contribution in [0.4, 0.5) is 0 Å². The van der Waals surface area contributed by atoms with Crippen LogP contribution >= 0.6 is 11.3 Å². The highest BCUT2D eigenvalue weighted by molar-refractivity contribution is 7.26. The SMILES string of the molecule is c1ccc(-c2nc(-c3ccccc3)nc(-c3cccc4sc5c(-c6ccnc7ccccc67)cccc5c34)n2)cc1. The molecule has 0 atom stereocenters. The van der Waals surface area contributed by atoms with Gasteiger partial charge in [-0.15, -0.1) is 11.3 Å². The van der Waals surface area contributed by atoms with Gasteiger partial charge in [0.1, 0.15) is 0 Å². The number of nitrogens with zero attached hydrogens (tertiary/aromatic N) is 4. The molecule has 5 aromatic carbocycles. The summed E-state index contributed by atoms with van der Waals surface area (Å²) in [6.45, 7) is 0. The number of fused-ring (bicyclic) bond motifs is 4. The second-order valence-corrected chi connectivity index (χ2v) is 10.9. The summed E-state index contributed by atoms with van der Waals surface area (Å²) < 4.78 is 2.44. The van der Waals surface area contributed by atoms with Crippen molar-refractivity contribution in [3.8, 4) is 45.3 Å². The molecule has 0 radical (unpaired) electrons. The van der Waals surface area contributed by atoms with Crippen LogP contribution in [0.15, 0.2) is 134 Å². The lowest BCUT2D eigenvalue weighted by atomic mass is 9.98. The van der Waals surface area contributed by atoms with E-state index in [4.69, 9.17) is 15.0 Å². The molecule has 4 nitrogen and oxygen atoms in total. The average molecular weight is 543 g/mol. The van der Waals surface area contributed by atoms with Crippen molar-refractivity contribution in [2.24, 2.45) is 0 Å². The molecule has 0 saturated heterocycles. The van der Waals surface area contributed by atoms with Gasteiger partial charge in [0.05, 0.1) is 5.52 Å². The standard InChI is InChI=1S/C36H22N4S/c1-3-11-23(12-4-1)34-38-35(24-13-5-2-6-14-24)40-36(39-34)29-18-10-20-31-32(29)28-17-9-16-27(33(28)41-31)25-21-22-37-30-19-8-7-15-26(25)30/h1-22H. The van der Waals surface area contributed by atoms with Gasteiger partial charge in [0.25, 0.3) is 0 Å². The molecule has 0 aliphatic carbocycles. The highest BCUT2D eigenvalue weighted by Gasteiger charge is 2.18. The Morgan fingerprint density at radius 1 is 0.439 bits per heavy atom. The van der Waals surface area contributed by atoms with Gasteiger partial charge in [0, 0.05) is 54.0 Å². The van der Waals surface area contributed by atoms with Crippen LogP contribution in [0, 0.1) is 0 Å². The number of para-hydroxylation sites is 1. The molecule has 8 aromatic rings. The Kier molecular flexibility index (Phi) is 5.61. The first kappa shape index (κ1) is 23.6. The maximum Gasteiger partial charge on any atom is 0.164 e. The molecule has 0 unspecified atom stereocenters. The van der Waals surface area contributed by atoms with Gasteiger partial charge in [-0.05, 0) is 23.8 Å². The number of pyridine rings is 1. The second-order valence-electron chi connectivity index (χ2n) is 9.88. The molecule has 0 N–H and O–H groups in total. The van der Waals surface area contributed by atoms with Crippen LogP contribution in [0.3, 0.4) is 0 Å². The molecule has 0 aliphatic rings. The van der Waals surface area contributed by atoms with Crippen molar-refractivity contribution in [1.29, 1.82) is 0 Å². The Hall–Kier alpha value is -5.26. The zero-order valence-corrected chi connectivity index (χ0v) is 22.7. The predicted octanol–water partition coefficient (Wildman–Crippen LogP) is 9.46.